The van der Waals surface area contributed by atoms with Crippen LogP contribution >= 0.6 is 0 Å². The van der Waals surface area contributed by atoms with Crippen LogP contribution in [0.3, 0.4) is 0 Å². The van der Waals surface area contributed by atoms with Gasteiger partial charge in [-0.3, -0.25) is 9.59 Å². The quantitative estimate of drug-likeness (QED) is 0.690. The van der Waals surface area contributed by atoms with Gasteiger partial charge in [0.2, 0.25) is 0 Å². The molecule has 3 heterocycles. The number of benzene rings is 1. The Kier molecular flexibility index (Phi) is 5.30. The van der Waals surface area contributed by atoms with Crippen molar-refractivity contribution in [3.63, 3.8) is 0 Å². The van der Waals surface area contributed by atoms with Crippen molar-refractivity contribution in [1.29, 1.82) is 0 Å². The number of carbonyl (C=O) groups is 3. The van der Waals surface area contributed by atoms with Gasteiger partial charge in [0.1, 0.15) is 6.10 Å². The molecule has 7 heteroatoms. The predicted octanol–water partition coefficient (Wildman–Crippen LogP) is 2.95. The zero-order chi connectivity index (χ0) is 21.5. The maximum absolute atomic E-state index is 13.6. The summed E-state index contributed by atoms with van der Waals surface area (Å²) in [6.07, 6.45) is 5.25. The second-order valence-corrected chi connectivity index (χ2v) is 8.76. The first-order chi connectivity index (χ1) is 15.1. The minimum absolute atomic E-state index is 0.0381. The molecular weight excluding hydrogens is 398 g/mol. The molecule has 4 atom stereocenters. The summed E-state index contributed by atoms with van der Waals surface area (Å²) < 4.78 is 16.8. The monoisotopic (exact) mass is 425 g/mol. The van der Waals surface area contributed by atoms with E-state index in [-0.39, 0.29) is 35.6 Å². The fraction of sp³-hybridized carbons (Fsp3) is 0.542. The van der Waals surface area contributed by atoms with Gasteiger partial charge in [0.15, 0.2) is 11.5 Å². The molecule has 0 N–H and O–H groups in total. The number of esters is 1. The van der Waals surface area contributed by atoms with Crippen molar-refractivity contribution in [2.24, 2.45) is 5.92 Å². The summed E-state index contributed by atoms with van der Waals surface area (Å²) in [4.78, 5) is 40.5. The molecule has 5 rings (SSSR count). The van der Waals surface area contributed by atoms with Crippen molar-refractivity contribution in [2.45, 2.75) is 56.8 Å². The van der Waals surface area contributed by atoms with Gasteiger partial charge < -0.3 is 19.1 Å². The molecule has 2 fully saturated rings. The van der Waals surface area contributed by atoms with Gasteiger partial charge in [0.05, 0.1) is 36.3 Å². The Morgan fingerprint density at radius 3 is 2.58 bits per heavy atom. The van der Waals surface area contributed by atoms with E-state index < -0.39 is 12.0 Å². The average Bonchev–Trinajstić information content (AvgIpc) is 3.41. The van der Waals surface area contributed by atoms with Gasteiger partial charge in [-0.05, 0) is 49.8 Å². The number of ketones is 1. The second kappa shape index (κ2) is 8.11. The Balaban J connectivity index is 1.53. The minimum Gasteiger partial charge on any atom is -0.483 e. The van der Waals surface area contributed by atoms with Gasteiger partial charge in [-0.1, -0.05) is 18.6 Å². The summed E-state index contributed by atoms with van der Waals surface area (Å²) in [5, 5.41) is 0. The lowest BCUT2D eigenvalue weighted by Crippen LogP contribution is -2.39. The molecule has 31 heavy (non-hydrogen) atoms. The van der Waals surface area contributed by atoms with Crippen LogP contribution in [0.15, 0.2) is 35.6 Å². The molecule has 7 nitrogen and oxygen atoms in total. The molecule has 164 valence electrons. The molecule has 0 bridgehead atoms. The Bertz CT molecular complexity index is 930. The maximum atomic E-state index is 13.6. The van der Waals surface area contributed by atoms with E-state index in [1.807, 2.05) is 0 Å². The lowest BCUT2D eigenvalue weighted by Gasteiger charge is -2.35. The summed E-state index contributed by atoms with van der Waals surface area (Å²) in [6.45, 7) is 1.11. The van der Waals surface area contributed by atoms with Gasteiger partial charge in [-0.25, -0.2) is 4.79 Å². The summed E-state index contributed by atoms with van der Waals surface area (Å²) in [5.74, 6) is -0.582. The number of hydrogen-bond acceptors (Lipinski definition) is 6. The molecule has 1 aliphatic carbocycles. The van der Waals surface area contributed by atoms with E-state index in [0.29, 0.717) is 24.3 Å². The van der Waals surface area contributed by atoms with Crippen LogP contribution in [0, 0.1) is 5.92 Å². The van der Waals surface area contributed by atoms with Gasteiger partial charge >= 0.3 is 5.97 Å². The number of Topliss-reactive ketones (excluding diaryl/α,β-unsaturated/α-hetero) is 1. The third-order valence-electron chi connectivity index (χ3n) is 6.93. The standard InChI is InChI=1S/C24H27NO6/c1-29-24(28)15-10-8-14(9-11-15)20-19-21(26)17-6-2-3-7-18(17)31-22(19)23(27)25(20)13-16-5-4-12-30-16/h8-11,16-18,20H,2-7,12-13H2,1H3. The van der Waals surface area contributed by atoms with Crippen LogP contribution < -0.4 is 0 Å². The first kappa shape index (κ1) is 20.2. The van der Waals surface area contributed by atoms with Crippen molar-refractivity contribution in [1.82, 2.24) is 4.90 Å². The molecule has 1 saturated heterocycles. The first-order valence-electron chi connectivity index (χ1n) is 11.1. The molecule has 4 aliphatic rings. The second-order valence-electron chi connectivity index (χ2n) is 8.76. The van der Waals surface area contributed by atoms with Crippen LogP contribution in [0.5, 0.6) is 0 Å². The normalized spacial score (nSPS) is 30.2. The molecule has 0 spiro atoms. The number of carbonyl (C=O) groups excluding carboxylic acids is 3. The van der Waals surface area contributed by atoms with Crippen LogP contribution in [-0.2, 0) is 23.8 Å². The van der Waals surface area contributed by atoms with Crippen molar-refractivity contribution in [3.8, 4) is 0 Å². The SMILES string of the molecule is COC(=O)c1ccc(C2C3=C(OC4CCCCC4C3=O)C(=O)N2CC2CCCO2)cc1. The molecule has 4 unspecified atom stereocenters. The number of fused-ring (bicyclic) bond motifs is 1. The Hall–Kier alpha value is -2.67. The molecule has 3 aliphatic heterocycles. The summed E-state index contributed by atoms with van der Waals surface area (Å²) >= 11 is 0. The van der Waals surface area contributed by atoms with E-state index in [1.54, 1.807) is 29.2 Å². The molecule has 1 aromatic carbocycles. The molecular formula is C24H27NO6. The van der Waals surface area contributed by atoms with Crippen LogP contribution in [0.1, 0.15) is 60.5 Å². The fourth-order valence-corrected chi connectivity index (χ4v) is 5.35. The van der Waals surface area contributed by atoms with E-state index in [9.17, 15) is 14.4 Å². The minimum atomic E-state index is -0.520. The van der Waals surface area contributed by atoms with E-state index in [2.05, 4.69) is 0 Å². The zero-order valence-electron chi connectivity index (χ0n) is 17.7. The molecule has 1 saturated carbocycles. The van der Waals surface area contributed by atoms with E-state index in [0.717, 1.165) is 44.1 Å². The van der Waals surface area contributed by atoms with Crippen molar-refractivity contribution >= 4 is 17.7 Å². The van der Waals surface area contributed by atoms with Gasteiger partial charge in [-0.2, -0.15) is 0 Å². The number of hydrogen-bond donors (Lipinski definition) is 0. The van der Waals surface area contributed by atoms with Crippen LogP contribution in [0.2, 0.25) is 0 Å². The van der Waals surface area contributed by atoms with E-state index in [4.69, 9.17) is 14.2 Å². The largest absolute Gasteiger partial charge is 0.483 e. The summed E-state index contributed by atoms with van der Waals surface area (Å²) in [6, 6.07) is 6.41. The topological polar surface area (TPSA) is 82.1 Å². The number of ether oxygens (including phenoxy) is 3. The lowest BCUT2D eigenvalue weighted by molar-refractivity contribution is -0.136. The summed E-state index contributed by atoms with van der Waals surface area (Å²) in [7, 11) is 1.34. The van der Waals surface area contributed by atoms with Gasteiger partial charge in [0.25, 0.3) is 5.91 Å². The van der Waals surface area contributed by atoms with E-state index >= 15 is 0 Å². The number of methoxy groups -OCH3 is 1. The fourth-order valence-electron chi connectivity index (χ4n) is 5.35. The zero-order valence-corrected chi connectivity index (χ0v) is 17.7. The summed E-state index contributed by atoms with van der Waals surface area (Å²) in [5.41, 5.74) is 1.68. The molecule has 1 aromatic rings. The third-order valence-corrected chi connectivity index (χ3v) is 6.93. The van der Waals surface area contributed by atoms with Crippen LogP contribution in [0.25, 0.3) is 0 Å². The van der Waals surface area contributed by atoms with Gasteiger partial charge in [0, 0.05) is 13.2 Å². The number of nitrogens with zero attached hydrogens (tertiary/aromatic N) is 1. The lowest BCUT2D eigenvalue weighted by atomic mass is 9.77. The number of amides is 1. The Morgan fingerprint density at radius 2 is 1.87 bits per heavy atom. The molecule has 0 radical (unpaired) electrons. The van der Waals surface area contributed by atoms with Crippen molar-refractivity contribution in [3.05, 3.63) is 46.7 Å². The highest BCUT2D eigenvalue weighted by atomic mass is 16.5. The van der Waals surface area contributed by atoms with E-state index in [1.165, 1.54) is 7.11 Å². The van der Waals surface area contributed by atoms with Crippen LogP contribution in [-0.4, -0.2) is 55.0 Å². The Labute approximate surface area is 181 Å². The average molecular weight is 425 g/mol. The Morgan fingerprint density at radius 1 is 1.10 bits per heavy atom. The molecule has 0 aromatic heterocycles. The van der Waals surface area contributed by atoms with Crippen LogP contribution in [0.4, 0.5) is 0 Å². The molecule has 1 amide bonds. The highest BCUT2D eigenvalue weighted by Gasteiger charge is 2.52. The smallest absolute Gasteiger partial charge is 0.337 e. The number of rotatable bonds is 4. The van der Waals surface area contributed by atoms with Gasteiger partial charge in [-0.15, -0.1) is 0 Å². The highest BCUT2D eigenvalue weighted by Crippen LogP contribution is 2.47. The van der Waals surface area contributed by atoms with Crippen molar-refractivity contribution < 1.29 is 28.6 Å². The third kappa shape index (κ3) is 3.45. The van der Waals surface area contributed by atoms with Crippen molar-refractivity contribution in [2.75, 3.05) is 20.3 Å². The highest BCUT2D eigenvalue weighted by molar-refractivity contribution is 6.11. The first-order valence-corrected chi connectivity index (χ1v) is 11.1. The predicted molar refractivity (Wildman–Crippen MR) is 110 cm³/mol. The maximum Gasteiger partial charge on any atom is 0.337 e.